The number of allylic oxidation sites excluding steroid dienone is 1. The van der Waals surface area contributed by atoms with Crippen LogP contribution in [0.5, 0.6) is 0 Å². The Hall–Kier alpha value is -1.61. The molecule has 18 heavy (non-hydrogen) atoms. The first-order chi connectivity index (χ1) is 8.68. The third-order valence-electron chi connectivity index (χ3n) is 2.53. The quantitative estimate of drug-likeness (QED) is 0.799. The molecule has 0 radical (unpaired) electrons. The average Bonchev–Trinajstić information content (AvgIpc) is 2.35. The third-order valence-corrected chi connectivity index (χ3v) is 2.53. The van der Waals surface area contributed by atoms with Gasteiger partial charge in [-0.15, -0.1) is 0 Å². The Morgan fingerprint density at radius 1 is 1.28 bits per heavy atom. The van der Waals surface area contributed by atoms with E-state index >= 15 is 0 Å². The summed E-state index contributed by atoms with van der Waals surface area (Å²) in [6.07, 6.45) is 5.42. The Morgan fingerprint density at radius 2 is 2.00 bits per heavy atom. The van der Waals surface area contributed by atoms with Crippen LogP contribution in [-0.2, 0) is 4.79 Å². The Labute approximate surface area is 109 Å². The zero-order chi connectivity index (χ0) is 13.2. The van der Waals surface area contributed by atoms with Gasteiger partial charge in [-0.05, 0) is 26.1 Å². The van der Waals surface area contributed by atoms with Crippen LogP contribution in [0.4, 0.5) is 0 Å². The monoisotopic (exact) mass is 246 g/mol. The number of nitrogens with one attached hydrogen (secondary N) is 1. The van der Waals surface area contributed by atoms with E-state index in [9.17, 15) is 4.79 Å². The molecule has 1 aromatic rings. The van der Waals surface area contributed by atoms with Crippen molar-refractivity contribution in [3.8, 4) is 0 Å². The van der Waals surface area contributed by atoms with Gasteiger partial charge in [0.2, 0.25) is 5.91 Å². The molecule has 98 valence electrons. The van der Waals surface area contributed by atoms with E-state index in [2.05, 4.69) is 10.2 Å². The fourth-order valence-corrected chi connectivity index (χ4v) is 1.51. The van der Waals surface area contributed by atoms with Gasteiger partial charge in [-0.1, -0.05) is 42.5 Å². The fraction of sp³-hybridized carbons (Fsp3) is 0.400. The number of carbonyl (C=O) groups excluding carboxylic acids is 1. The highest BCUT2D eigenvalue weighted by atomic mass is 16.1. The van der Waals surface area contributed by atoms with Crippen LogP contribution in [0.25, 0.3) is 6.08 Å². The van der Waals surface area contributed by atoms with Crippen molar-refractivity contribution in [3.05, 3.63) is 42.0 Å². The second-order valence-electron chi connectivity index (χ2n) is 4.50. The minimum Gasteiger partial charge on any atom is -0.355 e. The lowest BCUT2D eigenvalue weighted by molar-refractivity contribution is -0.121. The topological polar surface area (TPSA) is 32.3 Å². The molecular formula is C15H22N2O. The number of rotatable bonds is 7. The van der Waals surface area contributed by atoms with Crippen LogP contribution in [-0.4, -0.2) is 38.0 Å². The maximum Gasteiger partial charge on any atom is 0.220 e. The van der Waals surface area contributed by atoms with Crippen LogP contribution in [0, 0.1) is 0 Å². The molecule has 0 aromatic heterocycles. The Balaban J connectivity index is 2.14. The molecule has 1 rings (SSSR count). The van der Waals surface area contributed by atoms with Crippen molar-refractivity contribution in [3.63, 3.8) is 0 Å². The van der Waals surface area contributed by atoms with Crippen molar-refractivity contribution in [2.45, 2.75) is 12.8 Å². The predicted molar refractivity (Wildman–Crippen MR) is 76.3 cm³/mol. The first-order valence-electron chi connectivity index (χ1n) is 6.31. The van der Waals surface area contributed by atoms with Gasteiger partial charge in [0, 0.05) is 19.5 Å². The number of likely N-dealkylation sites (N-methyl/N-ethyl adjacent to an activating group) is 1. The van der Waals surface area contributed by atoms with Crippen LogP contribution < -0.4 is 5.32 Å². The molecule has 0 aliphatic heterocycles. The van der Waals surface area contributed by atoms with Gasteiger partial charge in [-0.3, -0.25) is 4.79 Å². The second-order valence-corrected chi connectivity index (χ2v) is 4.50. The van der Waals surface area contributed by atoms with Crippen LogP contribution in [0.1, 0.15) is 18.4 Å². The number of amides is 1. The Bertz CT molecular complexity index is 371. The van der Waals surface area contributed by atoms with Gasteiger partial charge in [0.1, 0.15) is 0 Å². The highest BCUT2D eigenvalue weighted by Gasteiger charge is 1.98. The maximum absolute atomic E-state index is 11.5. The molecule has 0 unspecified atom stereocenters. The van der Waals surface area contributed by atoms with Crippen molar-refractivity contribution in [1.29, 1.82) is 0 Å². The molecule has 0 fully saturated rings. The number of benzene rings is 1. The lowest BCUT2D eigenvalue weighted by Gasteiger charge is -2.09. The summed E-state index contributed by atoms with van der Waals surface area (Å²) in [6, 6.07) is 10.1. The minimum absolute atomic E-state index is 0.120. The molecule has 1 N–H and O–H groups in total. The molecular weight excluding hydrogens is 224 g/mol. The highest BCUT2D eigenvalue weighted by Crippen LogP contribution is 2.02. The van der Waals surface area contributed by atoms with E-state index in [4.69, 9.17) is 0 Å². The van der Waals surface area contributed by atoms with Crippen molar-refractivity contribution >= 4 is 12.0 Å². The molecule has 0 saturated heterocycles. The Morgan fingerprint density at radius 3 is 2.67 bits per heavy atom. The van der Waals surface area contributed by atoms with Gasteiger partial charge >= 0.3 is 0 Å². The van der Waals surface area contributed by atoms with Gasteiger partial charge in [0.25, 0.3) is 0 Å². The zero-order valence-electron chi connectivity index (χ0n) is 11.2. The minimum atomic E-state index is 0.120. The van der Waals surface area contributed by atoms with E-state index in [1.54, 1.807) is 0 Å². The molecule has 1 aromatic carbocycles. The molecule has 3 heteroatoms. The number of carbonyl (C=O) groups is 1. The van der Waals surface area contributed by atoms with Crippen LogP contribution in [0.2, 0.25) is 0 Å². The molecule has 3 nitrogen and oxygen atoms in total. The molecule has 0 saturated carbocycles. The highest BCUT2D eigenvalue weighted by molar-refractivity contribution is 5.76. The smallest absolute Gasteiger partial charge is 0.220 e. The zero-order valence-corrected chi connectivity index (χ0v) is 11.2. The summed E-state index contributed by atoms with van der Waals surface area (Å²) >= 11 is 0. The van der Waals surface area contributed by atoms with Gasteiger partial charge in [-0.25, -0.2) is 0 Å². The summed E-state index contributed by atoms with van der Waals surface area (Å²) in [6.45, 7) is 1.60. The Kier molecular flexibility index (Phi) is 6.81. The molecule has 1 amide bonds. The standard InChI is InChI=1S/C15H22N2O/c1-17(2)13-12-16-15(18)11-7-6-10-14-8-4-3-5-9-14/h3-6,8-10H,7,11-13H2,1-2H3,(H,16,18). The summed E-state index contributed by atoms with van der Waals surface area (Å²) in [4.78, 5) is 13.5. The van der Waals surface area contributed by atoms with E-state index in [1.165, 1.54) is 5.56 Å². The molecule has 0 atom stereocenters. The van der Waals surface area contributed by atoms with Gasteiger partial charge in [0.05, 0.1) is 0 Å². The summed E-state index contributed by atoms with van der Waals surface area (Å²) in [5, 5.41) is 2.90. The SMILES string of the molecule is CN(C)CCNC(=O)CCC=Cc1ccccc1. The van der Waals surface area contributed by atoms with Crippen LogP contribution in [0.15, 0.2) is 36.4 Å². The van der Waals surface area contributed by atoms with E-state index in [0.29, 0.717) is 13.0 Å². The molecule has 0 aliphatic rings. The average molecular weight is 246 g/mol. The van der Waals surface area contributed by atoms with Crippen molar-refractivity contribution < 1.29 is 4.79 Å². The summed E-state index contributed by atoms with van der Waals surface area (Å²) in [5.41, 5.74) is 1.17. The lowest BCUT2D eigenvalue weighted by Crippen LogP contribution is -2.31. The predicted octanol–water partition coefficient (Wildman–Crippen LogP) is 2.16. The summed E-state index contributed by atoms with van der Waals surface area (Å²) in [5.74, 6) is 0.120. The number of nitrogens with zero attached hydrogens (tertiary/aromatic N) is 1. The number of hydrogen-bond donors (Lipinski definition) is 1. The lowest BCUT2D eigenvalue weighted by atomic mass is 10.2. The van der Waals surface area contributed by atoms with Gasteiger partial charge in [0.15, 0.2) is 0 Å². The maximum atomic E-state index is 11.5. The van der Waals surface area contributed by atoms with Crippen molar-refractivity contribution in [2.24, 2.45) is 0 Å². The second kappa shape index (κ2) is 8.48. The van der Waals surface area contributed by atoms with E-state index in [1.807, 2.05) is 56.6 Å². The van der Waals surface area contributed by atoms with E-state index in [-0.39, 0.29) is 5.91 Å². The fourth-order valence-electron chi connectivity index (χ4n) is 1.51. The third kappa shape index (κ3) is 6.86. The largest absolute Gasteiger partial charge is 0.355 e. The van der Waals surface area contributed by atoms with Crippen molar-refractivity contribution in [1.82, 2.24) is 10.2 Å². The van der Waals surface area contributed by atoms with Gasteiger partial charge < -0.3 is 10.2 Å². The van der Waals surface area contributed by atoms with E-state index < -0.39 is 0 Å². The first kappa shape index (κ1) is 14.5. The molecule has 0 aliphatic carbocycles. The molecule has 0 bridgehead atoms. The van der Waals surface area contributed by atoms with E-state index in [0.717, 1.165) is 13.0 Å². The summed E-state index contributed by atoms with van der Waals surface area (Å²) < 4.78 is 0. The molecule has 0 spiro atoms. The van der Waals surface area contributed by atoms with Crippen molar-refractivity contribution in [2.75, 3.05) is 27.2 Å². The van der Waals surface area contributed by atoms with Gasteiger partial charge in [-0.2, -0.15) is 0 Å². The van der Waals surface area contributed by atoms with Crippen LogP contribution >= 0.6 is 0 Å². The normalized spacial score (nSPS) is 11.1. The van der Waals surface area contributed by atoms with Crippen LogP contribution in [0.3, 0.4) is 0 Å². The summed E-state index contributed by atoms with van der Waals surface area (Å²) in [7, 11) is 3.99. The molecule has 0 heterocycles. The number of hydrogen-bond acceptors (Lipinski definition) is 2. The first-order valence-corrected chi connectivity index (χ1v) is 6.31.